The van der Waals surface area contributed by atoms with Crippen molar-refractivity contribution in [2.45, 2.75) is 6.61 Å². The minimum Gasteiger partial charge on any atom is -0.457 e. The molecular weight excluding hydrogens is 367 g/mol. The number of carbonyl (C=O) groups is 1. The molecule has 0 bridgehead atoms. The van der Waals surface area contributed by atoms with Gasteiger partial charge in [0.2, 0.25) is 0 Å². The molecule has 0 atom stereocenters. The molecule has 23 heavy (non-hydrogen) atoms. The third kappa shape index (κ3) is 3.42. The fourth-order valence-electron chi connectivity index (χ4n) is 1.92. The Hall–Kier alpha value is -2.61. The third-order valence-corrected chi connectivity index (χ3v) is 3.72. The first-order valence-electron chi connectivity index (χ1n) is 6.58. The van der Waals surface area contributed by atoms with Crippen LogP contribution in [0.3, 0.4) is 0 Å². The first-order chi connectivity index (χ1) is 11.1. The first-order valence-corrected chi connectivity index (χ1v) is 7.38. The van der Waals surface area contributed by atoms with Gasteiger partial charge in [-0.2, -0.15) is 0 Å². The van der Waals surface area contributed by atoms with Gasteiger partial charge in [-0.15, -0.1) is 5.10 Å². The smallest absolute Gasteiger partial charge is 0.338 e. The molecule has 1 heterocycles. The van der Waals surface area contributed by atoms with E-state index in [4.69, 9.17) is 4.74 Å². The molecule has 1 aromatic heterocycles. The minimum absolute atomic E-state index is 0.140. The molecule has 0 spiro atoms. The Kier molecular flexibility index (Phi) is 4.42. The lowest BCUT2D eigenvalue weighted by atomic mass is 10.2. The summed E-state index contributed by atoms with van der Waals surface area (Å²) in [6.45, 7) is -0.140. The molecule has 3 rings (SSSR count). The molecule has 0 aliphatic heterocycles. The lowest BCUT2D eigenvalue weighted by Crippen LogP contribution is -2.07. The highest BCUT2D eigenvalue weighted by molar-refractivity contribution is 9.10. The van der Waals surface area contributed by atoms with Crippen LogP contribution in [0, 0.1) is 5.82 Å². The summed E-state index contributed by atoms with van der Waals surface area (Å²) in [5.74, 6) is -0.970. The Labute approximate surface area is 139 Å². The molecule has 0 saturated carbocycles. The van der Waals surface area contributed by atoms with E-state index in [0.29, 0.717) is 21.3 Å². The number of tetrazole rings is 1. The highest BCUT2D eigenvalue weighted by atomic mass is 79.9. The molecular formula is C15H10BrFN4O2. The van der Waals surface area contributed by atoms with Gasteiger partial charge in [0.1, 0.15) is 18.8 Å². The largest absolute Gasteiger partial charge is 0.457 e. The van der Waals surface area contributed by atoms with Crippen molar-refractivity contribution in [3.8, 4) is 5.69 Å². The highest BCUT2D eigenvalue weighted by Crippen LogP contribution is 2.19. The van der Waals surface area contributed by atoms with Crippen LogP contribution >= 0.6 is 15.9 Å². The number of esters is 1. The lowest BCUT2D eigenvalue weighted by molar-refractivity contribution is 0.0469. The Morgan fingerprint density at radius 2 is 2.00 bits per heavy atom. The minimum atomic E-state index is -0.535. The molecule has 0 N–H and O–H groups in total. The van der Waals surface area contributed by atoms with E-state index < -0.39 is 11.8 Å². The molecule has 0 radical (unpaired) electrons. The summed E-state index contributed by atoms with van der Waals surface area (Å²) < 4.78 is 20.7. The Morgan fingerprint density at radius 1 is 1.22 bits per heavy atom. The topological polar surface area (TPSA) is 69.9 Å². The number of hydrogen-bond acceptors (Lipinski definition) is 5. The predicted octanol–water partition coefficient (Wildman–Crippen LogP) is 2.92. The number of ether oxygens (including phenoxy) is 1. The zero-order valence-corrected chi connectivity index (χ0v) is 13.3. The maximum atomic E-state index is 13.8. The van der Waals surface area contributed by atoms with Crippen molar-refractivity contribution in [1.29, 1.82) is 0 Å². The standard InChI is InChI=1S/C15H10BrFN4O2/c16-13-3-1-2-11(14(13)17)8-23-15(22)10-4-6-12(7-5-10)21-9-18-19-20-21/h1-7,9H,8H2. The maximum Gasteiger partial charge on any atom is 0.338 e. The van der Waals surface area contributed by atoms with Gasteiger partial charge in [-0.1, -0.05) is 12.1 Å². The molecule has 0 aliphatic carbocycles. The normalized spacial score (nSPS) is 10.5. The van der Waals surface area contributed by atoms with Gasteiger partial charge in [0, 0.05) is 5.56 Å². The van der Waals surface area contributed by atoms with Gasteiger partial charge in [0.15, 0.2) is 0 Å². The third-order valence-electron chi connectivity index (χ3n) is 3.11. The molecule has 2 aromatic carbocycles. The van der Waals surface area contributed by atoms with Crippen LogP contribution in [-0.2, 0) is 11.3 Å². The molecule has 0 aliphatic rings. The fourth-order valence-corrected chi connectivity index (χ4v) is 2.32. The second kappa shape index (κ2) is 6.66. The molecule has 0 unspecified atom stereocenters. The summed E-state index contributed by atoms with van der Waals surface area (Å²) in [6.07, 6.45) is 1.45. The van der Waals surface area contributed by atoms with Gasteiger partial charge in [0.05, 0.1) is 15.7 Å². The zero-order chi connectivity index (χ0) is 16.2. The summed E-state index contributed by atoms with van der Waals surface area (Å²) in [4.78, 5) is 12.0. The fraction of sp³-hybridized carbons (Fsp3) is 0.0667. The summed E-state index contributed by atoms with van der Waals surface area (Å²) in [5, 5.41) is 10.8. The lowest BCUT2D eigenvalue weighted by Gasteiger charge is -2.07. The van der Waals surface area contributed by atoms with Crippen molar-refractivity contribution in [2.24, 2.45) is 0 Å². The summed E-state index contributed by atoms with van der Waals surface area (Å²) in [6, 6.07) is 11.4. The maximum absolute atomic E-state index is 13.8. The van der Waals surface area contributed by atoms with Gasteiger partial charge in [-0.05, 0) is 56.7 Å². The van der Waals surface area contributed by atoms with Crippen molar-refractivity contribution in [1.82, 2.24) is 20.2 Å². The Balaban J connectivity index is 1.68. The molecule has 8 heteroatoms. The molecule has 3 aromatic rings. The zero-order valence-electron chi connectivity index (χ0n) is 11.7. The average molecular weight is 377 g/mol. The molecule has 6 nitrogen and oxygen atoms in total. The molecule has 0 amide bonds. The van der Waals surface area contributed by atoms with Gasteiger partial charge in [-0.25, -0.2) is 13.9 Å². The monoisotopic (exact) mass is 376 g/mol. The summed E-state index contributed by atoms with van der Waals surface area (Å²) >= 11 is 3.09. The number of nitrogens with zero attached hydrogens (tertiary/aromatic N) is 4. The number of rotatable bonds is 4. The van der Waals surface area contributed by atoms with Gasteiger partial charge in [0.25, 0.3) is 0 Å². The van der Waals surface area contributed by atoms with Crippen molar-refractivity contribution >= 4 is 21.9 Å². The van der Waals surface area contributed by atoms with Crippen molar-refractivity contribution < 1.29 is 13.9 Å². The van der Waals surface area contributed by atoms with Crippen molar-refractivity contribution in [3.63, 3.8) is 0 Å². The average Bonchev–Trinajstić information content (AvgIpc) is 3.10. The summed E-state index contributed by atoms with van der Waals surface area (Å²) in [5.41, 5.74) is 1.37. The second-order valence-corrected chi connectivity index (χ2v) is 5.44. The van der Waals surface area contributed by atoms with E-state index in [1.807, 2.05) is 0 Å². The predicted molar refractivity (Wildman–Crippen MR) is 82.4 cm³/mol. The highest BCUT2D eigenvalue weighted by Gasteiger charge is 2.11. The van der Waals surface area contributed by atoms with Crippen LogP contribution in [0.1, 0.15) is 15.9 Å². The van der Waals surface area contributed by atoms with Crippen molar-refractivity contribution in [3.05, 3.63) is 70.2 Å². The summed E-state index contributed by atoms with van der Waals surface area (Å²) in [7, 11) is 0. The van der Waals surface area contributed by atoms with Crippen LogP contribution in [-0.4, -0.2) is 26.2 Å². The quantitative estimate of drug-likeness (QED) is 0.654. The number of aromatic nitrogens is 4. The van der Waals surface area contributed by atoms with E-state index in [-0.39, 0.29) is 6.61 Å². The van der Waals surface area contributed by atoms with Crippen LogP contribution in [0.25, 0.3) is 5.69 Å². The van der Waals surface area contributed by atoms with Gasteiger partial charge in [-0.3, -0.25) is 0 Å². The molecule has 0 saturated heterocycles. The van der Waals surface area contributed by atoms with Gasteiger partial charge < -0.3 is 4.74 Å². The number of halogens is 2. The van der Waals surface area contributed by atoms with E-state index in [0.717, 1.165) is 0 Å². The SMILES string of the molecule is O=C(OCc1cccc(Br)c1F)c1ccc(-n2cnnn2)cc1. The van der Waals surface area contributed by atoms with Crippen LogP contribution < -0.4 is 0 Å². The number of hydrogen-bond donors (Lipinski definition) is 0. The van der Waals surface area contributed by atoms with Crippen LogP contribution in [0.5, 0.6) is 0 Å². The Bertz CT molecular complexity index is 822. The van der Waals surface area contributed by atoms with E-state index in [1.165, 1.54) is 11.0 Å². The molecule has 0 fully saturated rings. The van der Waals surface area contributed by atoms with E-state index in [1.54, 1.807) is 42.5 Å². The first kappa shape index (κ1) is 15.3. The van der Waals surface area contributed by atoms with E-state index in [9.17, 15) is 9.18 Å². The van der Waals surface area contributed by atoms with E-state index >= 15 is 0 Å². The number of benzene rings is 2. The second-order valence-electron chi connectivity index (χ2n) is 4.59. The van der Waals surface area contributed by atoms with Crippen molar-refractivity contribution in [2.75, 3.05) is 0 Å². The Morgan fingerprint density at radius 3 is 2.70 bits per heavy atom. The molecule has 116 valence electrons. The van der Waals surface area contributed by atoms with Crippen LogP contribution in [0.15, 0.2) is 53.3 Å². The van der Waals surface area contributed by atoms with Gasteiger partial charge >= 0.3 is 5.97 Å². The van der Waals surface area contributed by atoms with Crippen LogP contribution in [0.4, 0.5) is 4.39 Å². The van der Waals surface area contributed by atoms with E-state index in [2.05, 4.69) is 31.5 Å². The van der Waals surface area contributed by atoms with Crippen LogP contribution in [0.2, 0.25) is 0 Å². The number of carbonyl (C=O) groups excluding carboxylic acids is 1.